The van der Waals surface area contributed by atoms with E-state index in [2.05, 4.69) is 10.1 Å². The summed E-state index contributed by atoms with van der Waals surface area (Å²) in [5.74, 6) is 0.284. The van der Waals surface area contributed by atoms with Gasteiger partial charge in [-0.05, 0) is 31.2 Å². The molecule has 3 aromatic rings. The molecule has 0 bridgehead atoms. The molecule has 124 valence electrons. The zero-order valence-corrected chi connectivity index (χ0v) is 14.0. The summed E-state index contributed by atoms with van der Waals surface area (Å²) in [5, 5.41) is 4.56. The van der Waals surface area contributed by atoms with Crippen LogP contribution in [0.15, 0.2) is 42.9 Å². The van der Waals surface area contributed by atoms with Crippen molar-refractivity contribution in [3.05, 3.63) is 59.3 Å². The minimum Gasteiger partial charge on any atom is -0.482 e. The van der Waals surface area contributed by atoms with Gasteiger partial charge in [0.05, 0.1) is 6.20 Å². The number of pyridine rings is 1. The van der Waals surface area contributed by atoms with E-state index in [0.29, 0.717) is 16.3 Å². The Morgan fingerprint density at radius 2 is 2.04 bits per heavy atom. The van der Waals surface area contributed by atoms with Gasteiger partial charge in [-0.3, -0.25) is 4.68 Å². The van der Waals surface area contributed by atoms with Gasteiger partial charge in [-0.25, -0.2) is 9.37 Å². The normalized spacial score (nSPS) is 12.2. The van der Waals surface area contributed by atoms with Gasteiger partial charge in [-0.2, -0.15) is 5.10 Å². The van der Waals surface area contributed by atoms with Crippen LogP contribution in [0.3, 0.4) is 0 Å². The van der Waals surface area contributed by atoms with Crippen molar-refractivity contribution in [2.45, 2.75) is 13.0 Å². The molecule has 2 aromatic heterocycles. The number of halogens is 2. The largest absolute Gasteiger partial charge is 0.482 e. The van der Waals surface area contributed by atoms with Crippen molar-refractivity contribution in [2.75, 3.05) is 5.73 Å². The minimum absolute atomic E-state index is 0.252. The summed E-state index contributed by atoms with van der Waals surface area (Å²) < 4.78 is 21.0. The smallest absolute Gasteiger partial charge is 0.166 e. The summed E-state index contributed by atoms with van der Waals surface area (Å²) >= 11 is 6.12. The summed E-state index contributed by atoms with van der Waals surface area (Å²) in [4.78, 5) is 4.16. The van der Waals surface area contributed by atoms with Crippen LogP contribution in [0.25, 0.3) is 11.1 Å². The van der Waals surface area contributed by atoms with E-state index in [1.54, 1.807) is 30.1 Å². The van der Waals surface area contributed by atoms with E-state index in [1.165, 1.54) is 18.2 Å². The molecule has 3 rings (SSSR count). The highest BCUT2D eigenvalue weighted by Gasteiger charge is 2.15. The number of hydrogen-bond acceptors (Lipinski definition) is 4. The Balaban J connectivity index is 1.90. The fourth-order valence-corrected chi connectivity index (χ4v) is 2.63. The first-order chi connectivity index (χ1) is 11.4. The quantitative estimate of drug-likeness (QED) is 0.775. The lowest BCUT2D eigenvalue weighted by atomic mass is 10.1. The average molecular weight is 347 g/mol. The van der Waals surface area contributed by atoms with Gasteiger partial charge in [0.2, 0.25) is 0 Å². The molecule has 0 aliphatic heterocycles. The van der Waals surface area contributed by atoms with E-state index in [9.17, 15) is 4.39 Å². The Morgan fingerprint density at radius 1 is 1.25 bits per heavy atom. The van der Waals surface area contributed by atoms with Crippen molar-refractivity contribution in [1.29, 1.82) is 0 Å². The molecule has 1 unspecified atom stereocenters. The molecular formula is C17H16ClFN4O. The van der Waals surface area contributed by atoms with E-state index in [4.69, 9.17) is 22.1 Å². The van der Waals surface area contributed by atoms with Crippen LogP contribution >= 0.6 is 11.6 Å². The average Bonchev–Trinajstić information content (AvgIpc) is 2.98. The standard InChI is InChI=1S/C17H16ClFN4O/c1-10(14-6-13(19)3-4-15(14)18)24-16-5-11(7-21-17(16)20)12-8-22-23(2)9-12/h3-10H,1-2H3,(H2,20,21). The van der Waals surface area contributed by atoms with Crippen molar-refractivity contribution in [3.63, 3.8) is 0 Å². The highest BCUT2D eigenvalue weighted by Crippen LogP contribution is 2.32. The Kier molecular flexibility index (Phi) is 4.40. The van der Waals surface area contributed by atoms with Gasteiger partial charge in [0.15, 0.2) is 11.6 Å². The Labute approximate surface area is 143 Å². The number of nitrogen functional groups attached to an aromatic ring is 1. The van der Waals surface area contributed by atoms with Crippen LogP contribution < -0.4 is 10.5 Å². The fraction of sp³-hybridized carbons (Fsp3) is 0.176. The minimum atomic E-state index is -0.485. The third-order valence-electron chi connectivity index (χ3n) is 3.62. The predicted octanol–water partition coefficient (Wildman–Crippen LogP) is 4.00. The lowest BCUT2D eigenvalue weighted by Gasteiger charge is -2.18. The molecule has 7 heteroatoms. The fourth-order valence-electron chi connectivity index (χ4n) is 2.36. The monoisotopic (exact) mass is 346 g/mol. The van der Waals surface area contributed by atoms with Crippen LogP contribution in [0.4, 0.5) is 10.2 Å². The molecule has 0 amide bonds. The SMILES string of the molecule is CC(Oc1cc(-c2cnn(C)c2)cnc1N)c1cc(F)ccc1Cl. The van der Waals surface area contributed by atoms with Crippen molar-refractivity contribution in [2.24, 2.45) is 7.05 Å². The molecule has 5 nitrogen and oxygen atoms in total. The van der Waals surface area contributed by atoms with Crippen molar-refractivity contribution in [1.82, 2.24) is 14.8 Å². The molecule has 0 radical (unpaired) electrons. The van der Waals surface area contributed by atoms with Gasteiger partial charge in [0.25, 0.3) is 0 Å². The molecular weight excluding hydrogens is 331 g/mol. The summed E-state index contributed by atoms with van der Waals surface area (Å²) in [6.45, 7) is 1.77. The van der Waals surface area contributed by atoms with Crippen molar-refractivity contribution < 1.29 is 9.13 Å². The maximum Gasteiger partial charge on any atom is 0.166 e. The zero-order chi connectivity index (χ0) is 17.3. The van der Waals surface area contributed by atoms with Gasteiger partial charge in [-0.1, -0.05) is 11.6 Å². The Morgan fingerprint density at radius 3 is 2.75 bits per heavy atom. The number of aryl methyl sites for hydroxylation is 1. The molecule has 0 aliphatic carbocycles. The summed E-state index contributed by atoms with van der Waals surface area (Å²) in [5.41, 5.74) is 8.17. The zero-order valence-electron chi connectivity index (χ0n) is 13.2. The number of aromatic nitrogens is 3. The topological polar surface area (TPSA) is 66.0 Å². The second-order valence-corrected chi connectivity index (χ2v) is 5.84. The number of anilines is 1. The number of nitrogens with two attached hydrogens (primary N) is 1. The van der Waals surface area contributed by atoms with Crippen molar-refractivity contribution in [3.8, 4) is 16.9 Å². The van der Waals surface area contributed by atoms with E-state index >= 15 is 0 Å². The van der Waals surface area contributed by atoms with Crippen LogP contribution in [0.5, 0.6) is 5.75 Å². The van der Waals surface area contributed by atoms with Gasteiger partial charge in [0.1, 0.15) is 11.9 Å². The van der Waals surface area contributed by atoms with E-state index in [1.807, 2.05) is 13.2 Å². The highest BCUT2D eigenvalue weighted by atomic mass is 35.5. The van der Waals surface area contributed by atoms with Crippen molar-refractivity contribution >= 4 is 17.4 Å². The molecule has 1 aromatic carbocycles. The lowest BCUT2D eigenvalue weighted by molar-refractivity contribution is 0.227. The number of hydrogen-bond donors (Lipinski definition) is 1. The first-order valence-corrected chi connectivity index (χ1v) is 7.68. The van der Waals surface area contributed by atoms with Gasteiger partial charge < -0.3 is 10.5 Å². The highest BCUT2D eigenvalue weighted by molar-refractivity contribution is 6.31. The third kappa shape index (κ3) is 3.33. The molecule has 2 N–H and O–H groups in total. The first-order valence-electron chi connectivity index (χ1n) is 7.30. The van der Waals surface area contributed by atoms with E-state index < -0.39 is 6.10 Å². The molecule has 2 heterocycles. The molecule has 0 spiro atoms. The lowest BCUT2D eigenvalue weighted by Crippen LogP contribution is -2.07. The number of rotatable bonds is 4. The maximum absolute atomic E-state index is 13.5. The molecule has 24 heavy (non-hydrogen) atoms. The molecule has 1 atom stereocenters. The predicted molar refractivity (Wildman–Crippen MR) is 91.3 cm³/mol. The van der Waals surface area contributed by atoms with Crippen LogP contribution in [-0.2, 0) is 7.05 Å². The molecule has 0 saturated carbocycles. The van der Waals surface area contributed by atoms with Crippen LogP contribution in [-0.4, -0.2) is 14.8 Å². The van der Waals surface area contributed by atoms with Gasteiger partial charge in [0, 0.05) is 41.2 Å². The van der Waals surface area contributed by atoms with Crippen LogP contribution in [0, 0.1) is 5.82 Å². The molecule has 0 saturated heterocycles. The summed E-state index contributed by atoms with van der Waals surface area (Å²) in [7, 11) is 1.83. The first kappa shape index (κ1) is 16.3. The summed E-state index contributed by atoms with van der Waals surface area (Å²) in [6.07, 6.45) is 4.76. The van der Waals surface area contributed by atoms with E-state index in [0.717, 1.165) is 11.1 Å². The second kappa shape index (κ2) is 6.49. The van der Waals surface area contributed by atoms with Gasteiger partial charge >= 0.3 is 0 Å². The Bertz CT molecular complexity index is 881. The molecule has 0 fully saturated rings. The summed E-state index contributed by atoms with van der Waals surface area (Å²) in [6, 6.07) is 5.93. The second-order valence-electron chi connectivity index (χ2n) is 5.44. The maximum atomic E-state index is 13.5. The number of benzene rings is 1. The van der Waals surface area contributed by atoms with Gasteiger partial charge in [-0.15, -0.1) is 0 Å². The Hall–Kier alpha value is -2.60. The van der Waals surface area contributed by atoms with Crippen LogP contribution in [0.2, 0.25) is 5.02 Å². The third-order valence-corrected chi connectivity index (χ3v) is 3.96. The number of ether oxygens (including phenoxy) is 1. The van der Waals surface area contributed by atoms with Crippen LogP contribution in [0.1, 0.15) is 18.6 Å². The molecule has 0 aliphatic rings. The van der Waals surface area contributed by atoms with E-state index in [-0.39, 0.29) is 11.6 Å². The number of nitrogens with zero attached hydrogens (tertiary/aromatic N) is 3.